The van der Waals surface area contributed by atoms with Crippen LogP contribution in [0.2, 0.25) is 0 Å². The van der Waals surface area contributed by atoms with Crippen LogP contribution in [-0.4, -0.2) is 116 Å². The molecule has 268 valence electrons. The summed E-state index contributed by atoms with van der Waals surface area (Å²) in [6.45, 7) is 2.26. The van der Waals surface area contributed by atoms with Crippen molar-refractivity contribution in [3.05, 3.63) is 65.2 Å². The SMILES string of the molecule is Cc1cn([C@H]2CC(O)[C@@H](COP(=O)(OC3C[C@H](n4cc(C)c(=O)[nH]c4=O)O[C@@H]3CO)SCSSCCN3CCOCC3)O2)c(=O)[nH]c1=O. The Kier molecular flexibility index (Phi) is 13.3. The largest absolute Gasteiger partial charge is 0.394 e. The van der Waals surface area contributed by atoms with Crippen LogP contribution in [0.1, 0.15) is 36.4 Å². The Hall–Kier alpha value is -1.68. The highest BCUT2D eigenvalue weighted by Crippen LogP contribution is 2.64. The van der Waals surface area contributed by atoms with Gasteiger partial charge in [-0.25, -0.2) is 14.2 Å². The molecule has 2 aromatic heterocycles. The van der Waals surface area contributed by atoms with Crippen molar-refractivity contribution in [1.29, 1.82) is 0 Å². The topological polar surface area (TPSA) is 217 Å². The van der Waals surface area contributed by atoms with Crippen LogP contribution in [0.15, 0.2) is 31.6 Å². The second kappa shape index (κ2) is 17.0. The molecule has 3 saturated heterocycles. The van der Waals surface area contributed by atoms with Crippen molar-refractivity contribution in [2.75, 3.05) is 56.9 Å². The molecule has 0 aromatic carbocycles. The van der Waals surface area contributed by atoms with E-state index in [-0.39, 0.29) is 30.6 Å². The molecule has 0 saturated carbocycles. The molecule has 0 spiro atoms. The van der Waals surface area contributed by atoms with Crippen molar-refractivity contribution in [2.45, 2.75) is 63.6 Å². The number of aliphatic hydroxyl groups is 2. The summed E-state index contributed by atoms with van der Waals surface area (Å²) in [6.07, 6.45) is -3.07. The summed E-state index contributed by atoms with van der Waals surface area (Å²) >= 11 is 0.936. The van der Waals surface area contributed by atoms with Crippen LogP contribution in [0.3, 0.4) is 0 Å². The van der Waals surface area contributed by atoms with E-state index in [2.05, 4.69) is 14.9 Å². The number of H-pyrrole nitrogens is 2. The fraction of sp³-hybridized carbons (Fsp3) is 0.704. The molecule has 5 rings (SSSR count). The second-order valence-corrected chi connectivity index (χ2v) is 18.4. The Labute approximate surface area is 286 Å². The maximum absolute atomic E-state index is 14.3. The summed E-state index contributed by atoms with van der Waals surface area (Å²) in [5.41, 5.74) is -1.89. The van der Waals surface area contributed by atoms with Gasteiger partial charge in [-0.1, -0.05) is 21.6 Å². The number of aliphatic hydroxyl groups excluding tert-OH is 2. The van der Waals surface area contributed by atoms with E-state index in [1.165, 1.54) is 46.2 Å². The van der Waals surface area contributed by atoms with Gasteiger partial charge in [0, 0.05) is 61.7 Å². The summed E-state index contributed by atoms with van der Waals surface area (Å²) in [5.74, 6) is 0.836. The molecular formula is C27H40N5O12PS3. The number of hydrogen-bond donors (Lipinski definition) is 4. The lowest BCUT2D eigenvalue weighted by molar-refractivity contribution is -0.0510. The van der Waals surface area contributed by atoms with Crippen molar-refractivity contribution >= 4 is 39.8 Å². The number of rotatable bonds is 15. The molecule has 21 heteroatoms. The minimum absolute atomic E-state index is 0.0189. The average molecular weight is 754 g/mol. The van der Waals surface area contributed by atoms with E-state index < -0.39 is 72.8 Å². The van der Waals surface area contributed by atoms with Crippen molar-refractivity contribution in [1.82, 2.24) is 24.0 Å². The monoisotopic (exact) mass is 753 g/mol. The Morgan fingerprint density at radius 2 is 1.54 bits per heavy atom. The third-order valence-electron chi connectivity index (χ3n) is 8.08. The number of aromatic amines is 2. The lowest BCUT2D eigenvalue weighted by atomic mass is 10.2. The number of aryl methyl sites for hydroxylation is 2. The van der Waals surface area contributed by atoms with Crippen LogP contribution in [0.5, 0.6) is 0 Å². The zero-order chi connectivity index (χ0) is 34.4. The highest BCUT2D eigenvalue weighted by Gasteiger charge is 2.44. The van der Waals surface area contributed by atoms with E-state index in [0.29, 0.717) is 18.3 Å². The molecule has 0 amide bonds. The summed E-state index contributed by atoms with van der Waals surface area (Å²) in [5, 5.41) is 21.1. The predicted octanol–water partition coefficient (Wildman–Crippen LogP) is 0.546. The molecule has 48 heavy (non-hydrogen) atoms. The quantitative estimate of drug-likeness (QED) is 0.0845. The van der Waals surface area contributed by atoms with Gasteiger partial charge >= 0.3 is 18.2 Å². The first-order chi connectivity index (χ1) is 23.0. The molecule has 3 aliphatic rings. The van der Waals surface area contributed by atoms with Crippen molar-refractivity contribution in [3.63, 3.8) is 0 Å². The predicted molar refractivity (Wildman–Crippen MR) is 180 cm³/mol. The Bertz CT molecular complexity index is 1680. The van der Waals surface area contributed by atoms with Gasteiger partial charge in [0.1, 0.15) is 30.8 Å². The molecule has 5 heterocycles. The molecule has 3 fully saturated rings. The van der Waals surface area contributed by atoms with E-state index in [4.69, 9.17) is 23.3 Å². The summed E-state index contributed by atoms with van der Waals surface area (Å²) in [7, 11) is 3.09. The van der Waals surface area contributed by atoms with Crippen LogP contribution in [0.4, 0.5) is 0 Å². The summed E-state index contributed by atoms with van der Waals surface area (Å²) < 4.78 is 45.7. The Morgan fingerprint density at radius 3 is 2.17 bits per heavy atom. The molecule has 17 nitrogen and oxygen atoms in total. The van der Waals surface area contributed by atoms with Gasteiger partial charge in [-0.2, -0.15) is 0 Å². The Balaban J connectivity index is 1.24. The number of nitrogens with one attached hydrogen (secondary N) is 2. The molecule has 0 aliphatic carbocycles. The van der Waals surface area contributed by atoms with Crippen LogP contribution in [-0.2, 0) is 27.8 Å². The van der Waals surface area contributed by atoms with E-state index in [1.54, 1.807) is 10.8 Å². The zero-order valence-electron chi connectivity index (χ0n) is 26.4. The van der Waals surface area contributed by atoms with Gasteiger partial charge in [0.15, 0.2) is 0 Å². The molecule has 4 N–H and O–H groups in total. The maximum atomic E-state index is 14.3. The lowest BCUT2D eigenvalue weighted by Crippen LogP contribution is -2.37. The second-order valence-electron chi connectivity index (χ2n) is 11.5. The number of aromatic nitrogens is 4. The molecule has 0 radical (unpaired) electrons. The number of nitrogens with zero attached hydrogens (tertiary/aromatic N) is 3. The van der Waals surface area contributed by atoms with Crippen LogP contribution < -0.4 is 22.5 Å². The normalized spacial score (nSPS) is 27.8. The average Bonchev–Trinajstić information content (AvgIpc) is 3.64. The highest BCUT2D eigenvalue weighted by atomic mass is 33.1. The molecule has 3 unspecified atom stereocenters. The van der Waals surface area contributed by atoms with Gasteiger partial charge < -0.3 is 24.4 Å². The number of hydrogen-bond acceptors (Lipinski definition) is 16. The maximum Gasteiger partial charge on any atom is 0.390 e. The first kappa shape index (κ1) is 37.6. The van der Waals surface area contributed by atoms with E-state index in [9.17, 15) is 34.0 Å². The first-order valence-corrected chi connectivity index (χ1v) is 20.9. The van der Waals surface area contributed by atoms with Gasteiger partial charge in [0.25, 0.3) is 11.1 Å². The highest BCUT2D eigenvalue weighted by molar-refractivity contribution is 8.80. The summed E-state index contributed by atoms with van der Waals surface area (Å²) in [6, 6.07) is 0. The van der Waals surface area contributed by atoms with Crippen LogP contribution in [0, 0.1) is 13.8 Å². The fourth-order valence-electron chi connectivity index (χ4n) is 5.38. The van der Waals surface area contributed by atoms with Crippen molar-refractivity contribution < 1.29 is 38.0 Å². The molecule has 2 aromatic rings. The molecule has 0 bridgehead atoms. The van der Waals surface area contributed by atoms with E-state index in [0.717, 1.165) is 36.8 Å². The van der Waals surface area contributed by atoms with Gasteiger partial charge in [-0.3, -0.25) is 42.6 Å². The molecule has 3 aliphatic heterocycles. The van der Waals surface area contributed by atoms with Gasteiger partial charge in [0.2, 0.25) is 0 Å². The Morgan fingerprint density at radius 1 is 0.938 bits per heavy atom. The van der Waals surface area contributed by atoms with Gasteiger partial charge in [0.05, 0.1) is 37.6 Å². The standard InChI is InChI=1S/C27H40N5O12PS3/c1-16-11-31(26(37)28-24(16)35)22-9-18(34)21(43-22)14-41-45(39,46-15-48-47-8-5-30-3-6-40-7-4-30)44-19-10-23(42-20(19)13-33)32-12-17(2)25(36)29-27(32)38/h11-12,18-23,33-34H,3-10,13-15H2,1-2H3,(H,28,35,37)(H,29,36,38)/t18?,19?,20-,21-,22-,23-,45?/m1/s1. The van der Waals surface area contributed by atoms with Crippen LogP contribution >= 0.6 is 39.8 Å². The van der Waals surface area contributed by atoms with Gasteiger partial charge in [-0.05, 0) is 25.2 Å². The number of morpholine rings is 1. The van der Waals surface area contributed by atoms with Crippen molar-refractivity contribution in [3.8, 4) is 0 Å². The smallest absolute Gasteiger partial charge is 0.390 e. The first-order valence-electron chi connectivity index (χ1n) is 15.3. The fourth-order valence-corrected chi connectivity index (χ4v) is 12.7. The third kappa shape index (κ3) is 9.55. The van der Waals surface area contributed by atoms with Crippen molar-refractivity contribution in [2.24, 2.45) is 0 Å². The number of ether oxygens (including phenoxy) is 3. The minimum atomic E-state index is -4.02. The molecule has 7 atom stereocenters. The van der Waals surface area contributed by atoms with Crippen LogP contribution in [0.25, 0.3) is 0 Å². The zero-order valence-corrected chi connectivity index (χ0v) is 29.7. The van der Waals surface area contributed by atoms with E-state index >= 15 is 0 Å². The van der Waals surface area contributed by atoms with Gasteiger partial charge in [-0.15, -0.1) is 0 Å². The summed E-state index contributed by atoms with van der Waals surface area (Å²) in [4.78, 5) is 55.3. The molecular weight excluding hydrogens is 713 g/mol. The minimum Gasteiger partial charge on any atom is -0.394 e. The third-order valence-corrected chi connectivity index (χ3v) is 15.0. The lowest BCUT2D eigenvalue weighted by Gasteiger charge is -2.26. The van der Waals surface area contributed by atoms with E-state index in [1.807, 2.05) is 0 Å².